The number of sulfonamides is 1. The minimum atomic E-state index is -4.29. The Balaban J connectivity index is 1.68. The van der Waals surface area contributed by atoms with Crippen molar-refractivity contribution in [3.05, 3.63) is 126 Å². The van der Waals surface area contributed by atoms with Crippen molar-refractivity contribution in [3.8, 4) is 5.75 Å². The van der Waals surface area contributed by atoms with Crippen LogP contribution in [0.5, 0.6) is 5.75 Å². The van der Waals surface area contributed by atoms with E-state index in [4.69, 9.17) is 8.92 Å². The summed E-state index contributed by atoms with van der Waals surface area (Å²) in [6, 6.07) is 29.8. The fourth-order valence-corrected chi connectivity index (χ4v) is 6.62. The minimum Gasteiger partial charge on any atom is -0.491 e. The van der Waals surface area contributed by atoms with Crippen molar-refractivity contribution in [2.24, 2.45) is 0 Å². The quantitative estimate of drug-likeness (QED) is 0.219. The summed E-state index contributed by atoms with van der Waals surface area (Å²) in [7, 11) is -8.47. The number of hydrogen-bond donors (Lipinski definition) is 1. The third-order valence-corrected chi connectivity index (χ3v) is 9.60. The Morgan fingerprint density at radius 1 is 0.683 bits per heavy atom. The van der Waals surface area contributed by atoms with Gasteiger partial charge in [-0.2, -0.15) is 12.7 Å². The fourth-order valence-electron chi connectivity index (χ4n) is 4.09. The molecular formula is C31H33NO7S2. The lowest BCUT2D eigenvalue weighted by Gasteiger charge is -2.29. The Bertz CT molecular complexity index is 1610. The Hall–Kier alpha value is -3.54. The number of benzene rings is 4. The third-order valence-electron chi connectivity index (χ3n) is 6.38. The van der Waals surface area contributed by atoms with E-state index in [1.807, 2.05) is 19.9 Å². The first-order valence-corrected chi connectivity index (χ1v) is 15.9. The van der Waals surface area contributed by atoms with Crippen LogP contribution in [0.1, 0.15) is 22.8 Å². The first-order valence-electron chi connectivity index (χ1n) is 13.0. The highest BCUT2D eigenvalue weighted by Crippen LogP contribution is 2.24. The number of ether oxygens (including phenoxy) is 1. The fraction of sp³-hybridized carbons (Fsp3) is 0.226. The lowest BCUT2D eigenvalue weighted by Crippen LogP contribution is -2.43. The minimum absolute atomic E-state index is 0.00693. The largest absolute Gasteiger partial charge is 0.491 e. The van der Waals surface area contributed by atoms with E-state index in [1.165, 1.54) is 24.3 Å². The van der Waals surface area contributed by atoms with Crippen LogP contribution in [0.15, 0.2) is 119 Å². The Morgan fingerprint density at radius 3 is 1.76 bits per heavy atom. The number of aliphatic hydroxyl groups excluding tert-OH is 1. The normalized spacial score (nSPS) is 13.6. The van der Waals surface area contributed by atoms with E-state index >= 15 is 0 Å². The van der Waals surface area contributed by atoms with Gasteiger partial charge in [-0.05, 0) is 55.8 Å². The van der Waals surface area contributed by atoms with Gasteiger partial charge in [-0.25, -0.2) is 8.42 Å². The summed E-state index contributed by atoms with van der Waals surface area (Å²) in [6.07, 6.45) is -2.43. The van der Waals surface area contributed by atoms with Crippen LogP contribution in [0, 0.1) is 13.8 Å². The molecule has 4 aromatic carbocycles. The van der Waals surface area contributed by atoms with Gasteiger partial charge in [-0.15, -0.1) is 0 Å². The van der Waals surface area contributed by atoms with Crippen LogP contribution in [0.2, 0.25) is 0 Å². The first-order chi connectivity index (χ1) is 19.5. The van der Waals surface area contributed by atoms with Crippen LogP contribution in [0.3, 0.4) is 0 Å². The van der Waals surface area contributed by atoms with Gasteiger partial charge < -0.3 is 9.84 Å². The highest BCUT2D eigenvalue weighted by Gasteiger charge is 2.33. The molecule has 0 aromatic heterocycles. The topological polar surface area (TPSA) is 110 Å². The van der Waals surface area contributed by atoms with E-state index in [9.17, 15) is 21.9 Å². The molecule has 10 heteroatoms. The second kappa shape index (κ2) is 13.4. The molecule has 1 N–H and O–H groups in total. The monoisotopic (exact) mass is 595 g/mol. The van der Waals surface area contributed by atoms with Crippen LogP contribution in [-0.2, 0) is 24.3 Å². The number of para-hydroxylation sites is 1. The molecule has 0 aliphatic rings. The maximum atomic E-state index is 13.9. The zero-order valence-electron chi connectivity index (χ0n) is 22.8. The molecule has 216 valence electrons. The molecular weight excluding hydrogens is 562 g/mol. The summed E-state index contributed by atoms with van der Waals surface area (Å²) in [5.74, 6) is 0.464. The van der Waals surface area contributed by atoms with Crippen molar-refractivity contribution in [1.82, 2.24) is 4.31 Å². The van der Waals surface area contributed by atoms with Gasteiger partial charge in [0.05, 0.1) is 15.9 Å². The van der Waals surface area contributed by atoms with Crippen LogP contribution in [0.4, 0.5) is 0 Å². The standard InChI is InChI=1S/C31H33NO7S2/c1-24-13-17-29(18-14-24)40(34,35)32(22-31(33)26-9-5-3-6-10-26)21-28(23-38-27-11-7-4-8-12-27)39-41(36,37)30-19-15-25(2)16-20-30/h3-20,28,31,33H,21-23H2,1-2H3/t28-,31-/m0/s1. The number of aliphatic hydroxyl groups is 1. The molecule has 0 heterocycles. The Morgan fingerprint density at radius 2 is 1.20 bits per heavy atom. The van der Waals surface area contributed by atoms with Gasteiger partial charge in [-0.1, -0.05) is 83.9 Å². The zero-order valence-corrected chi connectivity index (χ0v) is 24.5. The van der Waals surface area contributed by atoms with E-state index in [0.29, 0.717) is 11.3 Å². The molecule has 8 nitrogen and oxygen atoms in total. The van der Waals surface area contributed by atoms with Crippen molar-refractivity contribution in [2.45, 2.75) is 35.8 Å². The SMILES string of the molecule is Cc1ccc(S(=O)(=O)O[C@H](COc2ccccc2)CN(C[C@H](O)c2ccccc2)S(=O)(=O)c2ccc(C)cc2)cc1. The van der Waals surface area contributed by atoms with Crippen molar-refractivity contribution in [1.29, 1.82) is 0 Å². The lowest BCUT2D eigenvalue weighted by atomic mass is 10.1. The second-order valence-electron chi connectivity index (χ2n) is 9.67. The molecule has 0 spiro atoms. The number of rotatable bonds is 13. The molecule has 41 heavy (non-hydrogen) atoms. The summed E-state index contributed by atoms with van der Waals surface area (Å²) < 4.78 is 66.7. The highest BCUT2D eigenvalue weighted by molar-refractivity contribution is 7.89. The maximum absolute atomic E-state index is 13.9. The summed E-state index contributed by atoms with van der Waals surface area (Å²) in [5, 5.41) is 11.0. The summed E-state index contributed by atoms with van der Waals surface area (Å²) in [4.78, 5) is -0.0578. The molecule has 0 saturated carbocycles. The van der Waals surface area contributed by atoms with Crippen molar-refractivity contribution < 1.29 is 30.9 Å². The molecule has 0 fully saturated rings. The van der Waals surface area contributed by atoms with Gasteiger partial charge in [0, 0.05) is 13.1 Å². The molecule has 4 aromatic rings. The number of aryl methyl sites for hydroxylation is 2. The molecule has 0 radical (unpaired) electrons. The van der Waals surface area contributed by atoms with Gasteiger partial charge in [0.15, 0.2) is 0 Å². The highest BCUT2D eigenvalue weighted by atomic mass is 32.2. The average Bonchev–Trinajstić information content (AvgIpc) is 2.96. The third kappa shape index (κ3) is 8.25. The molecule has 0 aliphatic carbocycles. The van der Waals surface area contributed by atoms with Crippen molar-refractivity contribution in [3.63, 3.8) is 0 Å². The second-order valence-corrected chi connectivity index (χ2v) is 13.2. The van der Waals surface area contributed by atoms with E-state index in [2.05, 4.69) is 0 Å². The van der Waals surface area contributed by atoms with Gasteiger partial charge in [0.25, 0.3) is 10.1 Å². The predicted octanol–water partition coefficient (Wildman–Crippen LogP) is 4.88. The lowest BCUT2D eigenvalue weighted by molar-refractivity contribution is 0.0932. The van der Waals surface area contributed by atoms with Crippen molar-refractivity contribution >= 4 is 20.1 Å². The summed E-state index contributed by atoms with van der Waals surface area (Å²) in [6.45, 7) is 2.66. The van der Waals surface area contributed by atoms with Gasteiger partial charge in [0.1, 0.15) is 18.5 Å². The number of nitrogens with zero attached hydrogens (tertiary/aromatic N) is 1. The molecule has 0 bridgehead atoms. The Labute approximate surface area is 242 Å². The van der Waals surface area contributed by atoms with Gasteiger partial charge in [0.2, 0.25) is 10.0 Å². The molecule has 0 aliphatic heterocycles. The van der Waals surface area contributed by atoms with Crippen LogP contribution >= 0.6 is 0 Å². The van der Waals surface area contributed by atoms with Crippen LogP contribution in [-0.4, -0.2) is 52.0 Å². The number of hydrogen-bond acceptors (Lipinski definition) is 7. The molecule has 4 rings (SSSR count). The van der Waals surface area contributed by atoms with Crippen LogP contribution < -0.4 is 4.74 Å². The van der Waals surface area contributed by atoms with Crippen LogP contribution in [0.25, 0.3) is 0 Å². The summed E-state index contributed by atoms with van der Waals surface area (Å²) in [5.41, 5.74) is 2.27. The van der Waals surface area contributed by atoms with Gasteiger partial charge in [-0.3, -0.25) is 4.18 Å². The van der Waals surface area contributed by atoms with Gasteiger partial charge >= 0.3 is 0 Å². The molecule has 0 amide bonds. The molecule has 2 atom stereocenters. The van der Waals surface area contributed by atoms with E-state index < -0.39 is 38.9 Å². The maximum Gasteiger partial charge on any atom is 0.297 e. The smallest absolute Gasteiger partial charge is 0.297 e. The average molecular weight is 596 g/mol. The summed E-state index contributed by atoms with van der Waals surface area (Å²) >= 11 is 0. The molecule has 0 saturated heterocycles. The zero-order chi connectivity index (χ0) is 29.5. The van der Waals surface area contributed by atoms with E-state index in [-0.39, 0.29) is 22.9 Å². The van der Waals surface area contributed by atoms with Crippen molar-refractivity contribution in [2.75, 3.05) is 19.7 Å². The predicted molar refractivity (Wildman–Crippen MR) is 157 cm³/mol. The molecule has 0 unspecified atom stereocenters. The first kappa shape index (κ1) is 30.4. The Kier molecular flexibility index (Phi) is 9.95. The van der Waals surface area contributed by atoms with E-state index in [0.717, 1.165) is 15.4 Å². The van der Waals surface area contributed by atoms with E-state index in [1.54, 1.807) is 78.9 Å².